The van der Waals surface area contributed by atoms with E-state index in [1.807, 2.05) is 6.07 Å². The van der Waals surface area contributed by atoms with Crippen LogP contribution < -0.4 is 10.1 Å². The van der Waals surface area contributed by atoms with Crippen LogP contribution in [0.15, 0.2) is 36.8 Å². The Bertz CT molecular complexity index is 587. The molecule has 0 aromatic carbocycles. The summed E-state index contributed by atoms with van der Waals surface area (Å²) in [6.45, 7) is 0.463. The highest BCUT2D eigenvalue weighted by Gasteiger charge is 2.09. The first-order valence-corrected chi connectivity index (χ1v) is 5.61. The highest BCUT2D eigenvalue weighted by Crippen LogP contribution is 2.15. The smallest absolute Gasteiger partial charge is 0.337 e. The molecule has 0 atom stereocenters. The summed E-state index contributed by atoms with van der Waals surface area (Å²) in [4.78, 5) is 18.9. The van der Waals surface area contributed by atoms with Gasteiger partial charge in [0.25, 0.3) is 0 Å². The van der Waals surface area contributed by atoms with Crippen LogP contribution in [0.4, 0.5) is 5.69 Å². The van der Waals surface area contributed by atoms with Gasteiger partial charge in [-0.2, -0.15) is 0 Å². The van der Waals surface area contributed by atoms with E-state index in [4.69, 9.17) is 9.84 Å². The topological polar surface area (TPSA) is 84.3 Å². The van der Waals surface area contributed by atoms with Crippen molar-refractivity contribution in [2.75, 3.05) is 12.4 Å². The normalized spacial score (nSPS) is 9.95. The number of anilines is 1. The molecule has 0 fully saturated rings. The molecule has 2 N–H and O–H groups in total. The van der Waals surface area contributed by atoms with E-state index in [2.05, 4.69) is 15.3 Å². The van der Waals surface area contributed by atoms with Gasteiger partial charge in [0.2, 0.25) is 5.88 Å². The van der Waals surface area contributed by atoms with Crippen molar-refractivity contribution < 1.29 is 14.6 Å². The summed E-state index contributed by atoms with van der Waals surface area (Å²) >= 11 is 0. The number of methoxy groups -OCH3 is 1. The van der Waals surface area contributed by atoms with Gasteiger partial charge in [-0.3, -0.25) is 4.98 Å². The molecule has 0 bridgehead atoms. The second-order valence-corrected chi connectivity index (χ2v) is 3.79. The second-order valence-electron chi connectivity index (χ2n) is 3.79. The molecule has 0 aliphatic rings. The lowest BCUT2D eigenvalue weighted by atomic mass is 10.2. The largest absolute Gasteiger partial charge is 0.481 e. The summed E-state index contributed by atoms with van der Waals surface area (Å²) in [7, 11) is 1.54. The molecule has 6 nitrogen and oxygen atoms in total. The number of pyridine rings is 2. The van der Waals surface area contributed by atoms with Crippen molar-refractivity contribution in [1.29, 1.82) is 0 Å². The van der Waals surface area contributed by atoms with E-state index in [9.17, 15) is 4.79 Å². The summed E-state index contributed by atoms with van der Waals surface area (Å²) in [5.74, 6) is -0.471. The van der Waals surface area contributed by atoms with Gasteiger partial charge in [0.15, 0.2) is 0 Å². The van der Waals surface area contributed by atoms with Crippen molar-refractivity contribution in [1.82, 2.24) is 9.97 Å². The number of aromatic nitrogens is 2. The SMILES string of the molecule is COc1cc(CNc2cnccc2C(=O)O)ccn1. The Balaban J connectivity index is 2.12. The molecule has 0 saturated heterocycles. The monoisotopic (exact) mass is 259 g/mol. The average Bonchev–Trinajstić information content (AvgIpc) is 2.45. The molecule has 0 radical (unpaired) electrons. The molecule has 6 heteroatoms. The number of carboxylic acid groups (broad SMARTS) is 1. The molecule has 0 unspecified atom stereocenters. The molecule has 2 aromatic heterocycles. The first-order valence-electron chi connectivity index (χ1n) is 5.61. The van der Waals surface area contributed by atoms with Crippen LogP contribution in [0.5, 0.6) is 5.88 Å². The minimum atomic E-state index is -0.989. The predicted molar refractivity (Wildman–Crippen MR) is 69.3 cm³/mol. The summed E-state index contributed by atoms with van der Waals surface area (Å²) < 4.78 is 5.02. The highest BCUT2D eigenvalue weighted by atomic mass is 16.5. The highest BCUT2D eigenvalue weighted by molar-refractivity contribution is 5.93. The molecular weight excluding hydrogens is 246 g/mol. The zero-order valence-corrected chi connectivity index (χ0v) is 10.3. The number of nitrogens with one attached hydrogen (secondary N) is 1. The Labute approximate surface area is 110 Å². The second kappa shape index (κ2) is 5.81. The van der Waals surface area contributed by atoms with Crippen molar-refractivity contribution in [3.05, 3.63) is 47.9 Å². The standard InChI is InChI=1S/C13H13N3O3/c1-19-12-6-9(2-5-15-12)7-16-11-8-14-4-3-10(11)13(17)18/h2-6,8,16H,7H2,1H3,(H,17,18). The Morgan fingerprint density at radius 1 is 1.42 bits per heavy atom. The maximum absolute atomic E-state index is 11.0. The lowest BCUT2D eigenvalue weighted by Gasteiger charge is -2.09. The molecule has 0 aliphatic carbocycles. The third-order valence-corrected chi connectivity index (χ3v) is 2.54. The van der Waals surface area contributed by atoms with E-state index >= 15 is 0 Å². The van der Waals surface area contributed by atoms with Crippen LogP contribution in [0.2, 0.25) is 0 Å². The summed E-state index contributed by atoms with van der Waals surface area (Å²) in [5, 5.41) is 12.1. The number of hydrogen-bond donors (Lipinski definition) is 2. The number of rotatable bonds is 5. The minimum Gasteiger partial charge on any atom is -0.481 e. The zero-order valence-electron chi connectivity index (χ0n) is 10.3. The molecule has 2 heterocycles. The summed E-state index contributed by atoms with van der Waals surface area (Å²) in [5.41, 5.74) is 1.61. The molecular formula is C13H13N3O3. The van der Waals surface area contributed by atoms with E-state index in [0.717, 1.165) is 5.56 Å². The van der Waals surface area contributed by atoms with Crippen molar-refractivity contribution in [2.45, 2.75) is 6.54 Å². The van der Waals surface area contributed by atoms with Gasteiger partial charge < -0.3 is 15.2 Å². The van der Waals surface area contributed by atoms with Gasteiger partial charge in [0, 0.05) is 25.0 Å². The number of carbonyl (C=O) groups is 1. The third-order valence-electron chi connectivity index (χ3n) is 2.54. The van der Waals surface area contributed by atoms with Gasteiger partial charge >= 0.3 is 5.97 Å². The number of nitrogens with zero attached hydrogens (tertiary/aromatic N) is 2. The van der Waals surface area contributed by atoms with Gasteiger partial charge in [0.05, 0.1) is 24.6 Å². The Kier molecular flexibility index (Phi) is 3.92. The maximum Gasteiger partial charge on any atom is 0.337 e. The Morgan fingerprint density at radius 2 is 2.26 bits per heavy atom. The number of ether oxygens (including phenoxy) is 1. The number of aromatic carboxylic acids is 1. The Hall–Kier alpha value is -2.63. The summed E-state index contributed by atoms with van der Waals surface area (Å²) in [6.07, 6.45) is 4.57. The fourth-order valence-corrected chi connectivity index (χ4v) is 1.59. The van der Waals surface area contributed by atoms with E-state index in [1.54, 1.807) is 19.4 Å². The van der Waals surface area contributed by atoms with Gasteiger partial charge in [-0.1, -0.05) is 0 Å². The Morgan fingerprint density at radius 3 is 3.00 bits per heavy atom. The third kappa shape index (κ3) is 3.19. The van der Waals surface area contributed by atoms with Gasteiger partial charge in [0.1, 0.15) is 0 Å². The van der Waals surface area contributed by atoms with Crippen LogP contribution in [0, 0.1) is 0 Å². The van der Waals surface area contributed by atoms with Crippen molar-refractivity contribution >= 4 is 11.7 Å². The number of hydrogen-bond acceptors (Lipinski definition) is 5. The van der Waals surface area contributed by atoms with Gasteiger partial charge in [-0.15, -0.1) is 0 Å². The minimum absolute atomic E-state index is 0.191. The van der Waals surface area contributed by atoms with Crippen molar-refractivity contribution in [3.63, 3.8) is 0 Å². The zero-order chi connectivity index (χ0) is 13.7. The van der Waals surface area contributed by atoms with Crippen molar-refractivity contribution in [3.8, 4) is 5.88 Å². The fraction of sp³-hybridized carbons (Fsp3) is 0.154. The van der Waals surface area contributed by atoms with E-state index < -0.39 is 5.97 Å². The van der Waals surface area contributed by atoms with Gasteiger partial charge in [-0.05, 0) is 17.7 Å². The fourth-order valence-electron chi connectivity index (χ4n) is 1.59. The lowest BCUT2D eigenvalue weighted by Crippen LogP contribution is -2.07. The van der Waals surface area contributed by atoms with Crippen LogP contribution in [0.3, 0.4) is 0 Å². The summed E-state index contributed by atoms with van der Waals surface area (Å²) in [6, 6.07) is 5.06. The predicted octanol–water partition coefficient (Wildman–Crippen LogP) is 1.80. The van der Waals surface area contributed by atoms with Crippen LogP contribution in [-0.2, 0) is 6.54 Å². The van der Waals surface area contributed by atoms with E-state index in [1.165, 1.54) is 18.5 Å². The molecule has 0 saturated carbocycles. The molecule has 0 spiro atoms. The van der Waals surface area contributed by atoms with E-state index in [0.29, 0.717) is 18.1 Å². The lowest BCUT2D eigenvalue weighted by molar-refractivity contribution is 0.0698. The molecule has 0 aliphatic heterocycles. The first-order chi connectivity index (χ1) is 9.20. The van der Waals surface area contributed by atoms with Gasteiger partial charge in [-0.25, -0.2) is 9.78 Å². The quantitative estimate of drug-likeness (QED) is 0.851. The maximum atomic E-state index is 11.0. The first kappa shape index (κ1) is 12.8. The number of carboxylic acids is 1. The van der Waals surface area contributed by atoms with Crippen molar-refractivity contribution in [2.24, 2.45) is 0 Å². The van der Waals surface area contributed by atoms with Crippen LogP contribution in [0.1, 0.15) is 15.9 Å². The molecule has 2 rings (SSSR count). The molecule has 2 aromatic rings. The van der Waals surface area contributed by atoms with Crippen LogP contribution in [-0.4, -0.2) is 28.2 Å². The van der Waals surface area contributed by atoms with Crippen LogP contribution >= 0.6 is 0 Å². The molecule has 19 heavy (non-hydrogen) atoms. The molecule has 98 valence electrons. The average molecular weight is 259 g/mol. The molecule has 0 amide bonds. The van der Waals surface area contributed by atoms with Crippen LogP contribution in [0.25, 0.3) is 0 Å². The van der Waals surface area contributed by atoms with E-state index in [-0.39, 0.29) is 5.56 Å².